The second kappa shape index (κ2) is 3.42. The van der Waals surface area contributed by atoms with E-state index in [2.05, 4.69) is 4.98 Å². The number of aromatic nitrogens is 2. The number of aliphatic carboxylic acids is 1. The number of carbonyl (C=O) groups is 1. The maximum atomic E-state index is 10.5. The zero-order valence-electron chi connectivity index (χ0n) is 7.76. The van der Waals surface area contributed by atoms with Crippen molar-refractivity contribution in [3.05, 3.63) is 18.2 Å². The lowest BCUT2D eigenvalue weighted by atomic mass is 10.2. The molecular weight excluding hydrogens is 182 g/mol. The van der Waals surface area contributed by atoms with Gasteiger partial charge >= 0.3 is 5.97 Å². The number of carboxylic acid groups (broad SMARTS) is 1. The van der Waals surface area contributed by atoms with E-state index in [1.807, 2.05) is 10.8 Å². The third kappa shape index (κ3) is 1.93. The molecule has 5 nitrogen and oxygen atoms in total. The van der Waals surface area contributed by atoms with Crippen LogP contribution in [0.15, 0.2) is 12.5 Å². The van der Waals surface area contributed by atoms with Crippen molar-refractivity contribution in [3.8, 4) is 0 Å². The minimum atomic E-state index is -0.981. The van der Waals surface area contributed by atoms with Crippen LogP contribution < -0.4 is 5.73 Å². The van der Waals surface area contributed by atoms with E-state index >= 15 is 0 Å². The maximum Gasteiger partial charge on any atom is 0.320 e. The molecule has 1 atom stereocenters. The minimum Gasteiger partial charge on any atom is -0.480 e. The molecule has 3 N–H and O–H groups in total. The van der Waals surface area contributed by atoms with E-state index in [4.69, 9.17) is 10.8 Å². The van der Waals surface area contributed by atoms with E-state index in [1.54, 1.807) is 6.33 Å². The smallest absolute Gasteiger partial charge is 0.320 e. The standard InChI is InChI=1S/C9H13N3O2/c10-8(9(13)14)3-6-4-12(5-11-6)7-1-2-7/h4-5,7-8H,1-3,10H2,(H,13,14)/t8-/m0/s1. The monoisotopic (exact) mass is 195 g/mol. The van der Waals surface area contributed by atoms with Gasteiger partial charge in [0.1, 0.15) is 6.04 Å². The van der Waals surface area contributed by atoms with Gasteiger partial charge in [0.2, 0.25) is 0 Å². The largest absolute Gasteiger partial charge is 0.480 e. The normalized spacial score (nSPS) is 18.1. The van der Waals surface area contributed by atoms with E-state index in [-0.39, 0.29) is 0 Å². The molecule has 2 rings (SSSR count). The first kappa shape index (κ1) is 9.21. The lowest BCUT2D eigenvalue weighted by molar-refractivity contribution is -0.138. The van der Waals surface area contributed by atoms with Crippen LogP contribution in [-0.4, -0.2) is 26.7 Å². The van der Waals surface area contributed by atoms with Crippen molar-refractivity contribution in [2.75, 3.05) is 0 Å². The van der Waals surface area contributed by atoms with Crippen LogP contribution in [0.25, 0.3) is 0 Å². The Morgan fingerprint density at radius 1 is 1.79 bits per heavy atom. The molecule has 0 aliphatic heterocycles. The first-order chi connectivity index (χ1) is 6.66. The van der Waals surface area contributed by atoms with Gasteiger partial charge in [0.25, 0.3) is 0 Å². The summed E-state index contributed by atoms with van der Waals surface area (Å²) in [7, 11) is 0. The van der Waals surface area contributed by atoms with Gasteiger partial charge in [0, 0.05) is 18.7 Å². The summed E-state index contributed by atoms with van der Waals surface area (Å²) in [5.41, 5.74) is 6.16. The van der Waals surface area contributed by atoms with Gasteiger partial charge in [-0.2, -0.15) is 0 Å². The zero-order chi connectivity index (χ0) is 10.1. The summed E-state index contributed by atoms with van der Waals surface area (Å²) in [5.74, 6) is -0.981. The molecule has 1 heterocycles. The van der Waals surface area contributed by atoms with E-state index in [1.165, 1.54) is 12.8 Å². The maximum absolute atomic E-state index is 10.5. The Hall–Kier alpha value is -1.36. The van der Waals surface area contributed by atoms with Gasteiger partial charge in [-0.25, -0.2) is 4.98 Å². The summed E-state index contributed by atoms with van der Waals surface area (Å²) in [4.78, 5) is 14.6. The Morgan fingerprint density at radius 3 is 3.07 bits per heavy atom. The molecule has 0 radical (unpaired) electrons. The summed E-state index contributed by atoms with van der Waals surface area (Å²) < 4.78 is 2.03. The number of hydrogen-bond donors (Lipinski definition) is 2. The molecule has 5 heteroatoms. The lowest BCUT2D eigenvalue weighted by Gasteiger charge is -2.02. The Balaban J connectivity index is 1.98. The molecular formula is C9H13N3O2. The van der Waals surface area contributed by atoms with E-state index < -0.39 is 12.0 Å². The molecule has 0 saturated heterocycles. The van der Waals surface area contributed by atoms with Gasteiger partial charge in [0.15, 0.2) is 0 Å². The molecule has 1 aromatic rings. The highest BCUT2D eigenvalue weighted by Crippen LogP contribution is 2.34. The molecule has 0 unspecified atom stereocenters. The Morgan fingerprint density at radius 2 is 2.50 bits per heavy atom. The van der Waals surface area contributed by atoms with Crippen LogP contribution in [0, 0.1) is 0 Å². The van der Waals surface area contributed by atoms with Crippen LogP contribution in [0.2, 0.25) is 0 Å². The van der Waals surface area contributed by atoms with Crippen molar-refractivity contribution in [1.29, 1.82) is 0 Å². The molecule has 0 amide bonds. The van der Waals surface area contributed by atoms with Gasteiger partial charge < -0.3 is 15.4 Å². The lowest BCUT2D eigenvalue weighted by Crippen LogP contribution is -2.32. The number of hydrogen-bond acceptors (Lipinski definition) is 3. The van der Waals surface area contributed by atoms with Crippen molar-refractivity contribution >= 4 is 5.97 Å². The molecule has 0 aromatic carbocycles. The molecule has 1 aliphatic carbocycles. The summed E-state index contributed by atoms with van der Waals surface area (Å²) in [5, 5.41) is 8.61. The first-order valence-corrected chi connectivity index (χ1v) is 4.67. The van der Waals surface area contributed by atoms with Crippen molar-refractivity contribution in [1.82, 2.24) is 9.55 Å². The summed E-state index contributed by atoms with van der Waals surface area (Å²) in [6.45, 7) is 0. The molecule has 0 spiro atoms. The van der Waals surface area contributed by atoms with Crippen molar-refractivity contribution in [2.45, 2.75) is 31.3 Å². The van der Waals surface area contributed by atoms with E-state index in [9.17, 15) is 4.79 Å². The van der Waals surface area contributed by atoms with E-state index in [0.717, 1.165) is 5.69 Å². The van der Waals surface area contributed by atoms with Crippen LogP contribution in [0.1, 0.15) is 24.6 Å². The van der Waals surface area contributed by atoms with Crippen LogP contribution in [0.3, 0.4) is 0 Å². The van der Waals surface area contributed by atoms with Gasteiger partial charge in [-0.3, -0.25) is 4.79 Å². The molecule has 14 heavy (non-hydrogen) atoms. The highest BCUT2D eigenvalue weighted by molar-refractivity contribution is 5.73. The molecule has 1 aromatic heterocycles. The summed E-state index contributed by atoms with van der Waals surface area (Å²) >= 11 is 0. The third-order valence-corrected chi connectivity index (χ3v) is 2.37. The summed E-state index contributed by atoms with van der Waals surface area (Å²) in [6.07, 6.45) is 6.33. The number of nitrogens with two attached hydrogens (primary N) is 1. The quantitative estimate of drug-likeness (QED) is 0.717. The Kier molecular flexibility index (Phi) is 2.25. The molecule has 1 saturated carbocycles. The number of imidazole rings is 1. The van der Waals surface area contributed by atoms with Gasteiger partial charge in [-0.1, -0.05) is 0 Å². The Bertz CT molecular complexity index is 344. The summed E-state index contributed by atoms with van der Waals surface area (Å²) in [6, 6.07) is -0.269. The van der Waals surface area contributed by atoms with Crippen molar-refractivity contribution in [2.24, 2.45) is 5.73 Å². The fourth-order valence-electron chi connectivity index (χ4n) is 1.37. The molecule has 1 fully saturated rings. The second-order valence-electron chi connectivity index (χ2n) is 3.69. The highest BCUT2D eigenvalue weighted by Gasteiger charge is 2.23. The van der Waals surface area contributed by atoms with Crippen LogP contribution in [0.4, 0.5) is 0 Å². The van der Waals surface area contributed by atoms with Gasteiger partial charge in [-0.15, -0.1) is 0 Å². The average Bonchev–Trinajstić information content (AvgIpc) is 2.88. The topological polar surface area (TPSA) is 81.1 Å². The van der Waals surface area contributed by atoms with E-state index in [0.29, 0.717) is 12.5 Å². The second-order valence-corrected chi connectivity index (χ2v) is 3.69. The fraction of sp³-hybridized carbons (Fsp3) is 0.556. The predicted octanol–water partition coefficient (Wildman–Crippen LogP) is 0.172. The molecule has 76 valence electrons. The van der Waals surface area contributed by atoms with Gasteiger partial charge in [0.05, 0.1) is 12.0 Å². The third-order valence-electron chi connectivity index (χ3n) is 2.37. The number of rotatable bonds is 4. The van der Waals surface area contributed by atoms with Crippen molar-refractivity contribution < 1.29 is 9.90 Å². The van der Waals surface area contributed by atoms with Crippen LogP contribution in [-0.2, 0) is 11.2 Å². The fourth-order valence-corrected chi connectivity index (χ4v) is 1.37. The molecule has 0 bridgehead atoms. The molecule has 1 aliphatic rings. The first-order valence-electron chi connectivity index (χ1n) is 4.67. The predicted molar refractivity (Wildman–Crippen MR) is 49.8 cm³/mol. The van der Waals surface area contributed by atoms with Crippen molar-refractivity contribution in [3.63, 3.8) is 0 Å². The number of nitrogens with zero attached hydrogens (tertiary/aromatic N) is 2. The number of carboxylic acids is 1. The Labute approximate surface area is 81.5 Å². The van der Waals surface area contributed by atoms with Crippen LogP contribution in [0.5, 0.6) is 0 Å². The average molecular weight is 195 g/mol. The minimum absolute atomic E-state index is 0.301. The highest BCUT2D eigenvalue weighted by atomic mass is 16.4. The van der Waals surface area contributed by atoms with Gasteiger partial charge in [-0.05, 0) is 12.8 Å². The zero-order valence-corrected chi connectivity index (χ0v) is 7.76. The SMILES string of the molecule is N[C@@H](Cc1cn(C2CC2)cn1)C(=O)O. The van der Waals surface area contributed by atoms with Crippen LogP contribution >= 0.6 is 0 Å².